The highest BCUT2D eigenvalue weighted by Gasteiger charge is 2.13. The molecule has 0 radical (unpaired) electrons. The van der Waals surface area contributed by atoms with Crippen LogP contribution in [0.15, 0.2) is 48.5 Å². The second-order valence-electron chi connectivity index (χ2n) is 4.43. The molecule has 0 aliphatic heterocycles. The average Bonchev–Trinajstić information content (AvgIpc) is 2.51. The van der Waals surface area contributed by atoms with Crippen molar-refractivity contribution in [1.29, 1.82) is 0 Å². The predicted molar refractivity (Wildman–Crippen MR) is 76.6 cm³/mol. The highest BCUT2D eigenvalue weighted by Crippen LogP contribution is 2.30. The van der Waals surface area contributed by atoms with Crippen LogP contribution in [0.1, 0.15) is 0 Å². The number of hydrogen-bond donors (Lipinski definition) is 1. The lowest BCUT2D eigenvalue weighted by Crippen LogP contribution is -1.97. The van der Waals surface area contributed by atoms with Crippen LogP contribution < -0.4 is 5.32 Å². The Morgan fingerprint density at radius 3 is 2.45 bits per heavy atom. The van der Waals surface area contributed by atoms with Gasteiger partial charge >= 0.3 is 0 Å². The average molecular weight is 270 g/mol. The van der Waals surface area contributed by atoms with E-state index in [1.165, 1.54) is 6.07 Å². The molecule has 0 spiro atoms. The van der Waals surface area contributed by atoms with Crippen molar-refractivity contribution in [1.82, 2.24) is 4.98 Å². The standard InChI is InChI=1S/C16H12F2N2/c1-19-14-9-13(10-5-3-2-4-6-10)20-16-11(14)7-8-12(17)15(16)18/h2-9H,1H3,(H,19,20). The molecular formula is C16H12F2N2. The monoisotopic (exact) mass is 270 g/mol. The van der Waals surface area contributed by atoms with Gasteiger partial charge in [-0.2, -0.15) is 0 Å². The van der Waals surface area contributed by atoms with Crippen molar-refractivity contribution in [3.05, 3.63) is 60.2 Å². The molecule has 0 amide bonds. The summed E-state index contributed by atoms with van der Waals surface area (Å²) in [6.07, 6.45) is 0. The summed E-state index contributed by atoms with van der Waals surface area (Å²) in [5.74, 6) is -1.81. The van der Waals surface area contributed by atoms with E-state index in [2.05, 4.69) is 10.3 Å². The third-order valence-electron chi connectivity index (χ3n) is 3.21. The molecule has 1 N–H and O–H groups in total. The van der Waals surface area contributed by atoms with Crippen LogP contribution in [0, 0.1) is 11.6 Å². The maximum Gasteiger partial charge on any atom is 0.185 e. The van der Waals surface area contributed by atoms with E-state index in [1.54, 1.807) is 7.05 Å². The number of pyridine rings is 1. The fourth-order valence-electron chi connectivity index (χ4n) is 2.20. The number of halogens is 2. The summed E-state index contributed by atoms with van der Waals surface area (Å²) in [6, 6.07) is 13.9. The first-order chi connectivity index (χ1) is 9.70. The molecule has 0 saturated carbocycles. The summed E-state index contributed by atoms with van der Waals surface area (Å²) in [6.45, 7) is 0. The lowest BCUT2D eigenvalue weighted by molar-refractivity contribution is 0.515. The van der Waals surface area contributed by atoms with Crippen molar-refractivity contribution in [2.75, 3.05) is 12.4 Å². The van der Waals surface area contributed by atoms with Gasteiger partial charge < -0.3 is 5.32 Å². The minimum atomic E-state index is -0.920. The second kappa shape index (κ2) is 4.89. The summed E-state index contributed by atoms with van der Waals surface area (Å²) in [7, 11) is 1.74. The minimum Gasteiger partial charge on any atom is -0.388 e. The fourth-order valence-corrected chi connectivity index (χ4v) is 2.20. The Balaban J connectivity index is 2.33. The zero-order valence-electron chi connectivity index (χ0n) is 10.8. The number of nitrogens with zero attached hydrogens (tertiary/aromatic N) is 1. The molecule has 0 atom stereocenters. The minimum absolute atomic E-state index is 0.0377. The Hall–Kier alpha value is -2.49. The SMILES string of the molecule is CNc1cc(-c2ccccc2)nc2c(F)c(F)ccc12. The highest BCUT2D eigenvalue weighted by molar-refractivity contribution is 5.94. The van der Waals surface area contributed by atoms with Gasteiger partial charge in [0, 0.05) is 23.7 Å². The molecule has 1 aromatic heterocycles. The highest BCUT2D eigenvalue weighted by atomic mass is 19.2. The molecule has 0 saturated heterocycles. The quantitative estimate of drug-likeness (QED) is 0.754. The van der Waals surface area contributed by atoms with E-state index in [0.29, 0.717) is 16.8 Å². The van der Waals surface area contributed by atoms with E-state index >= 15 is 0 Å². The molecule has 20 heavy (non-hydrogen) atoms. The van der Waals surface area contributed by atoms with Crippen molar-refractivity contribution >= 4 is 16.6 Å². The van der Waals surface area contributed by atoms with Crippen molar-refractivity contribution in [3.63, 3.8) is 0 Å². The Morgan fingerprint density at radius 1 is 1.00 bits per heavy atom. The van der Waals surface area contributed by atoms with E-state index in [0.717, 1.165) is 11.6 Å². The van der Waals surface area contributed by atoms with Gasteiger partial charge in [-0.3, -0.25) is 0 Å². The van der Waals surface area contributed by atoms with E-state index < -0.39 is 11.6 Å². The Morgan fingerprint density at radius 2 is 1.75 bits per heavy atom. The summed E-state index contributed by atoms with van der Waals surface area (Å²) < 4.78 is 27.3. The van der Waals surface area contributed by atoms with Gasteiger partial charge in [0.1, 0.15) is 5.52 Å². The summed E-state index contributed by atoms with van der Waals surface area (Å²) in [5.41, 5.74) is 2.21. The van der Waals surface area contributed by atoms with Crippen LogP contribution in [0.4, 0.5) is 14.5 Å². The van der Waals surface area contributed by atoms with Crippen molar-refractivity contribution in [3.8, 4) is 11.3 Å². The van der Waals surface area contributed by atoms with Crippen LogP contribution in [0.25, 0.3) is 22.2 Å². The number of hydrogen-bond acceptors (Lipinski definition) is 2. The zero-order valence-corrected chi connectivity index (χ0v) is 10.8. The van der Waals surface area contributed by atoms with Crippen molar-refractivity contribution in [2.24, 2.45) is 0 Å². The molecule has 2 aromatic carbocycles. The van der Waals surface area contributed by atoms with Gasteiger partial charge in [-0.1, -0.05) is 30.3 Å². The first-order valence-corrected chi connectivity index (χ1v) is 6.22. The lowest BCUT2D eigenvalue weighted by atomic mass is 10.1. The van der Waals surface area contributed by atoms with Gasteiger partial charge in [0.25, 0.3) is 0 Å². The van der Waals surface area contributed by atoms with Crippen LogP contribution in [0.5, 0.6) is 0 Å². The predicted octanol–water partition coefficient (Wildman–Crippen LogP) is 4.22. The van der Waals surface area contributed by atoms with E-state index in [-0.39, 0.29) is 5.52 Å². The van der Waals surface area contributed by atoms with Gasteiger partial charge in [-0.25, -0.2) is 13.8 Å². The summed E-state index contributed by atoms with van der Waals surface area (Å²) in [4.78, 5) is 4.26. The maximum atomic E-state index is 13.9. The van der Waals surface area contributed by atoms with Gasteiger partial charge in [-0.05, 0) is 18.2 Å². The molecule has 3 aromatic rings. The van der Waals surface area contributed by atoms with Crippen LogP contribution in [0.2, 0.25) is 0 Å². The molecule has 100 valence electrons. The van der Waals surface area contributed by atoms with E-state index in [9.17, 15) is 8.78 Å². The number of benzene rings is 2. The number of aromatic nitrogens is 1. The largest absolute Gasteiger partial charge is 0.388 e. The van der Waals surface area contributed by atoms with Gasteiger partial charge in [0.2, 0.25) is 0 Å². The molecule has 2 nitrogen and oxygen atoms in total. The van der Waals surface area contributed by atoms with Crippen molar-refractivity contribution < 1.29 is 8.78 Å². The molecule has 0 bridgehead atoms. The van der Waals surface area contributed by atoms with Gasteiger partial charge in [0.05, 0.1) is 5.69 Å². The van der Waals surface area contributed by atoms with Gasteiger partial charge in [0.15, 0.2) is 11.6 Å². The fraction of sp³-hybridized carbons (Fsp3) is 0.0625. The second-order valence-corrected chi connectivity index (χ2v) is 4.43. The van der Waals surface area contributed by atoms with Crippen LogP contribution in [0.3, 0.4) is 0 Å². The first-order valence-electron chi connectivity index (χ1n) is 6.22. The molecule has 3 rings (SSSR count). The summed E-state index contributed by atoms with van der Waals surface area (Å²) >= 11 is 0. The molecule has 1 heterocycles. The first kappa shape index (κ1) is 12.5. The van der Waals surface area contributed by atoms with E-state index in [4.69, 9.17) is 0 Å². The molecule has 0 aliphatic carbocycles. The van der Waals surface area contributed by atoms with Crippen LogP contribution in [-0.4, -0.2) is 12.0 Å². The number of anilines is 1. The Labute approximate surface area is 115 Å². The molecule has 0 aliphatic rings. The molecular weight excluding hydrogens is 258 g/mol. The number of rotatable bonds is 2. The van der Waals surface area contributed by atoms with Crippen LogP contribution in [-0.2, 0) is 0 Å². The Bertz CT molecular complexity index is 770. The smallest absolute Gasteiger partial charge is 0.185 e. The van der Waals surface area contributed by atoms with Crippen molar-refractivity contribution in [2.45, 2.75) is 0 Å². The summed E-state index contributed by atoms with van der Waals surface area (Å²) in [5, 5.41) is 3.56. The topological polar surface area (TPSA) is 24.9 Å². The third kappa shape index (κ3) is 1.99. The molecule has 4 heteroatoms. The van der Waals surface area contributed by atoms with E-state index in [1.807, 2.05) is 36.4 Å². The molecule has 0 unspecified atom stereocenters. The number of fused-ring (bicyclic) bond motifs is 1. The van der Waals surface area contributed by atoms with Crippen LogP contribution >= 0.6 is 0 Å². The normalized spacial score (nSPS) is 10.8. The zero-order chi connectivity index (χ0) is 14.1. The number of nitrogens with one attached hydrogen (secondary N) is 1. The maximum absolute atomic E-state index is 13.9. The molecule has 0 fully saturated rings. The third-order valence-corrected chi connectivity index (χ3v) is 3.21. The lowest BCUT2D eigenvalue weighted by Gasteiger charge is -2.10. The Kier molecular flexibility index (Phi) is 3.06. The van der Waals surface area contributed by atoms with Gasteiger partial charge in [-0.15, -0.1) is 0 Å².